The van der Waals surface area contributed by atoms with E-state index in [9.17, 15) is 0 Å². The molecule has 1 aromatic heterocycles. The summed E-state index contributed by atoms with van der Waals surface area (Å²) in [4.78, 5) is 7.78. The first-order chi connectivity index (χ1) is 8.59. The molecule has 2 aromatic rings. The van der Waals surface area contributed by atoms with Crippen LogP contribution in [0.5, 0.6) is 11.6 Å². The Bertz CT molecular complexity index is 558. The van der Waals surface area contributed by atoms with E-state index >= 15 is 0 Å². The summed E-state index contributed by atoms with van der Waals surface area (Å²) in [5.74, 6) is 1.56. The Hall–Kier alpha value is -1.81. The molecule has 0 saturated carbocycles. The Kier molecular flexibility index (Phi) is 3.67. The first kappa shape index (κ1) is 12.6. The van der Waals surface area contributed by atoms with Crippen molar-refractivity contribution in [1.82, 2.24) is 9.97 Å². The molecule has 0 aliphatic carbocycles. The molecule has 94 valence electrons. The number of ether oxygens (including phenoxy) is 1. The highest BCUT2D eigenvalue weighted by Crippen LogP contribution is 2.33. The van der Waals surface area contributed by atoms with Gasteiger partial charge in [-0.1, -0.05) is 43.6 Å². The normalized spacial score (nSPS) is 10.7. The zero-order valence-electron chi connectivity index (χ0n) is 10.2. The average molecular weight is 264 g/mol. The monoisotopic (exact) mass is 263 g/mol. The number of nitrogens with zero attached hydrogens (tertiary/aromatic N) is 2. The van der Waals surface area contributed by atoms with Gasteiger partial charge in [0, 0.05) is 0 Å². The second-order valence-corrected chi connectivity index (χ2v) is 4.55. The van der Waals surface area contributed by atoms with E-state index < -0.39 is 0 Å². The number of hydrogen-bond acceptors (Lipinski definition) is 4. The minimum atomic E-state index is 0.212. The Balaban J connectivity index is 2.37. The van der Waals surface area contributed by atoms with Gasteiger partial charge in [0.15, 0.2) is 0 Å². The molecule has 4 nitrogen and oxygen atoms in total. The van der Waals surface area contributed by atoms with Gasteiger partial charge in [0.1, 0.15) is 22.9 Å². The van der Waals surface area contributed by atoms with Gasteiger partial charge in [-0.3, -0.25) is 0 Å². The van der Waals surface area contributed by atoms with Crippen molar-refractivity contribution >= 4 is 17.4 Å². The largest absolute Gasteiger partial charge is 0.437 e. The molecule has 0 aliphatic rings. The highest BCUT2D eigenvalue weighted by Gasteiger charge is 2.12. The zero-order valence-corrected chi connectivity index (χ0v) is 11.0. The summed E-state index contributed by atoms with van der Waals surface area (Å²) in [5, 5.41) is 0.232. The number of anilines is 1. The molecule has 1 heterocycles. The smallest absolute Gasteiger partial charge is 0.243 e. The topological polar surface area (TPSA) is 61.0 Å². The van der Waals surface area contributed by atoms with Crippen molar-refractivity contribution in [3.8, 4) is 11.6 Å². The Morgan fingerprint density at radius 2 is 1.94 bits per heavy atom. The van der Waals surface area contributed by atoms with Gasteiger partial charge in [0.05, 0.1) is 0 Å². The molecular formula is C13H14ClN3O. The van der Waals surface area contributed by atoms with Gasteiger partial charge in [-0.2, -0.15) is 4.98 Å². The van der Waals surface area contributed by atoms with Crippen LogP contribution in [0, 0.1) is 0 Å². The molecule has 18 heavy (non-hydrogen) atoms. The molecule has 0 spiro atoms. The SMILES string of the molecule is CC(C)c1ccccc1Oc1ncnc(N)c1Cl. The molecule has 0 bridgehead atoms. The zero-order chi connectivity index (χ0) is 13.1. The molecule has 0 aliphatic heterocycles. The van der Waals surface area contributed by atoms with Crippen molar-refractivity contribution in [3.63, 3.8) is 0 Å². The predicted octanol–water partition coefficient (Wildman–Crippen LogP) is 3.63. The van der Waals surface area contributed by atoms with Gasteiger partial charge in [0.25, 0.3) is 0 Å². The molecule has 0 amide bonds. The Labute approximate surface area is 111 Å². The summed E-state index contributed by atoms with van der Waals surface area (Å²) in [7, 11) is 0. The van der Waals surface area contributed by atoms with Crippen LogP contribution in [-0.4, -0.2) is 9.97 Å². The molecule has 1 aromatic carbocycles. The lowest BCUT2D eigenvalue weighted by Gasteiger charge is -2.13. The maximum atomic E-state index is 6.00. The van der Waals surface area contributed by atoms with Crippen molar-refractivity contribution in [2.45, 2.75) is 19.8 Å². The van der Waals surface area contributed by atoms with Gasteiger partial charge in [-0.05, 0) is 17.5 Å². The molecule has 2 N–H and O–H groups in total. The number of nitrogen functional groups attached to an aromatic ring is 1. The van der Waals surface area contributed by atoms with E-state index in [1.54, 1.807) is 0 Å². The minimum absolute atomic E-state index is 0.212. The lowest BCUT2D eigenvalue weighted by atomic mass is 10.0. The first-order valence-corrected chi connectivity index (χ1v) is 6.00. The highest BCUT2D eigenvalue weighted by molar-refractivity contribution is 6.34. The van der Waals surface area contributed by atoms with E-state index in [0.29, 0.717) is 5.92 Å². The van der Waals surface area contributed by atoms with E-state index in [1.807, 2.05) is 24.3 Å². The number of rotatable bonds is 3. The number of halogens is 1. The number of nitrogens with two attached hydrogens (primary N) is 1. The third-order valence-corrected chi connectivity index (χ3v) is 2.89. The van der Waals surface area contributed by atoms with Crippen molar-refractivity contribution < 1.29 is 4.74 Å². The van der Waals surface area contributed by atoms with E-state index in [2.05, 4.69) is 23.8 Å². The molecule has 0 unspecified atom stereocenters. The van der Waals surface area contributed by atoms with Gasteiger partial charge in [-0.25, -0.2) is 4.98 Å². The van der Waals surface area contributed by atoms with E-state index in [1.165, 1.54) is 6.33 Å². The van der Waals surface area contributed by atoms with E-state index in [-0.39, 0.29) is 16.7 Å². The lowest BCUT2D eigenvalue weighted by molar-refractivity contribution is 0.454. The van der Waals surface area contributed by atoms with Crippen LogP contribution in [-0.2, 0) is 0 Å². The second-order valence-electron chi connectivity index (χ2n) is 4.17. The lowest BCUT2D eigenvalue weighted by Crippen LogP contribution is -1.98. The summed E-state index contributed by atoms with van der Waals surface area (Å²) in [5.41, 5.74) is 6.70. The fraction of sp³-hybridized carbons (Fsp3) is 0.231. The van der Waals surface area contributed by atoms with Crippen LogP contribution in [0.15, 0.2) is 30.6 Å². The molecular weight excluding hydrogens is 250 g/mol. The van der Waals surface area contributed by atoms with Crippen LogP contribution in [0.2, 0.25) is 5.02 Å². The molecule has 0 radical (unpaired) electrons. The van der Waals surface area contributed by atoms with Crippen LogP contribution in [0.25, 0.3) is 0 Å². The maximum absolute atomic E-state index is 6.00. The fourth-order valence-electron chi connectivity index (χ4n) is 1.59. The minimum Gasteiger partial charge on any atom is -0.437 e. The van der Waals surface area contributed by atoms with Crippen molar-refractivity contribution in [2.75, 3.05) is 5.73 Å². The van der Waals surface area contributed by atoms with Crippen LogP contribution in [0.4, 0.5) is 5.82 Å². The molecule has 2 rings (SSSR count). The summed E-state index contributed by atoms with van der Waals surface area (Å²) >= 11 is 6.00. The molecule has 0 fully saturated rings. The quantitative estimate of drug-likeness (QED) is 0.919. The third kappa shape index (κ3) is 2.54. The van der Waals surface area contributed by atoms with E-state index in [0.717, 1.165) is 11.3 Å². The average Bonchev–Trinajstić information content (AvgIpc) is 2.35. The second kappa shape index (κ2) is 5.23. The Morgan fingerprint density at radius 3 is 2.67 bits per heavy atom. The molecule has 5 heteroatoms. The van der Waals surface area contributed by atoms with Crippen LogP contribution >= 0.6 is 11.6 Å². The van der Waals surface area contributed by atoms with Gasteiger partial charge in [0.2, 0.25) is 5.88 Å². The standard InChI is InChI=1S/C13H14ClN3O/c1-8(2)9-5-3-4-6-10(9)18-13-11(14)12(15)16-7-17-13/h3-8H,1-2H3,(H2,15,16,17). The van der Waals surface area contributed by atoms with Crippen molar-refractivity contribution in [1.29, 1.82) is 0 Å². The Morgan fingerprint density at radius 1 is 1.22 bits per heavy atom. The summed E-state index contributed by atoms with van der Waals surface area (Å²) in [6.07, 6.45) is 1.33. The predicted molar refractivity (Wildman–Crippen MR) is 72.1 cm³/mol. The van der Waals surface area contributed by atoms with Crippen molar-refractivity contribution in [3.05, 3.63) is 41.2 Å². The summed E-state index contributed by atoms with van der Waals surface area (Å²) in [6.45, 7) is 4.19. The third-order valence-electron chi connectivity index (χ3n) is 2.53. The molecule has 0 saturated heterocycles. The fourth-order valence-corrected chi connectivity index (χ4v) is 1.73. The maximum Gasteiger partial charge on any atom is 0.243 e. The number of benzene rings is 1. The van der Waals surface area contributed by atoms with E-state index in [4.69, 9.17) is 22.1 Å². The van der Waals surface area contributed by atoms with Crippen molar-refractivity contribution in [2.24, 2.45) is 0 Å². The highest BCUT2D eigenvalue weighted by atomic mass is 35.5. The van der Waals surface area contributed by atoms with Crippen LogP contribution in [0.3, 0.4) is 0 Å². The number of para-hydroxylation sites is 1. The summed E-state index contributed by atoms with van der Waals surface area (Å²) in [6, 6.07) is 7.76. The van der Waals surface area contributed by atoms with Gasteiger partial charge < -0.3 is 10.5 Å². The van der Waals surface area contributed by atoms with Gasteiger partial charge in [-0.15, -0.1) is 0 Å². The number of aromatic nitrogens is 2. The first-order valence-electron chi connectivity index (χ1n) is 5.62. The number of hydrogen-bond donors (Lipinski definition) is 1. The summed E-state index contributed by atoms with van der Waals surface area (Å²) < 4.78 is 5.72. The van der Waals surface area contributed by atoms with Crippen LogP contribution in [0.1, 0.15) is 25.3 Å². The van der Waals surface area contributed by atoms with Crippen LogP contribution < -0.4 is 10.5 Å². The molecule has 0 atom stereocenters. The van der Waals surface area contributed by atoms with Gasteiger partial charge >= 0.3 is 0 Å².